The molecule has 0 radical (unpaired) electrons. The topological polar surface area (TPSA) is 49.9 Å². The first-order valence-corrected chi connectivity index (χ1v) is 8.92. The minimum Gasteiger partial charge on any atom is -0.497 e. The number of amides is 2. The monoisotopic (exact) mass is 342 g/mol. The van der Waals surface area contributed by atoms with Crippen LogP contribution in [0.1, 0.15) is 23.2 Å². The van der Waals surface area contributed by atoms with Gasteiger partial charge in [0.05, 0.1) is 24.9 Å². The number of anilines is 1. The number of fused-ring (bicyclic) bond motifs is 1. The normalized spacial score (nSPS) is 22.8. The Labute approximate surface area is 144 Å². The number of likely N-dealkylation sites (tertiary alicyclic amines) is 1. The third kappa shape index (κ3) is 2.38. The van der Waals surface area contributed by atoms with Crippen LogP contribution in [0.25, 0.3) is 0 Å². The van der Waals surface area contributed by atoms with Gasteiger partial charge in [0.2, 0.25) is 5.91 Å². The zero-order valence-corrected chi connectivity index (χ0v) is 14.2. The lowest BCUT2D eigenvalue weighted by molar-refractivity contribution is -0.117. The summed E-state index contributed by atoms with van der Waals surface area (Å²) < 4.78 is 5.21. The van der Waals surface area contributed by atoms with Crippen LogP contribution in [0, 0.1) is 0 Å². The zero-order chi connectivity index (χ0) is 16.7. The van der Waals surface area contributed by atoms with E-state index in [4.69, 9.17) is 4.74 Å². The van der Waals surface area contributed by atoms with Crippen molar-refractivity contribution in [2.24, 2.45) is 0 Å². The van der Waals surface area contributed by atoms with E-state index in [1.165, 1.54) is 0 Å². The number of ether oxygens (including phenoxy) is 1. The Kier molecular flexibility index (Phi) is 3.76. The third-order valence-corrected chi connectivity index (χ3v) is 5.53. The lowest BCUT2D eigenvalue weighted by Crippen LogP contribution is -2.39. The standard InChI is InChI=1S/C18H18N2O3S/c1-23-14-4-2-3-12(9-14)18(22)19-7-5-15-16(19)10-17(21)20(15)13-6-8-24-11-13/h2-4,6,8-9,11,15-16H,5,7,10H2,1H3/t15-,16+/m1/s1. The van der Waals surface area contributed by atoms with Gasteiger partial charge >= 0.3 is 0 Å². The van der Waals surface area contributed by atoms with Gasteiger partial charge in [-0.25, -0.2) is 0 Å². The van der Waals surface area contributed by atoms with E-state index in [0.29, 0.717) is 24.3 Å². The Morgan fingerprint density at radius 1 is 1.29 bits per heavy atom. The molecule has 2 amide bonds. The molecule has 2 atom stereocenters. The lowest BCUT2D eigenvalue weighted by atomic mass is 10.1. The van der Waals surface area contributed by atoms with Gasteiger partial charge < -0.3 is 14.5 Å². The van der Waals surface area contributed by atoms with E-state index in [9.17, 15) is 9.59 Å². The van der Waals surface area contributed by atoms with Crippen LogP contribution in [0.2, 0.25) is 0 Å². The number of nitrogens with zero attached hydrogens (tertiary/aromatic N) is 2. The molecule has 5 nitrogen and oxygen atoms in total. The molecule has 0 unspecified atom stereocenters. The number of hydrogen-bond donors (Lipinski definition) is 0. The molecule has 6 heteroatoms. The first kappa shape index (κ1) is 15.2. The van der Waals surface area contributed by atoms with Crippen LogP contribution < -0.4 is 9.64 Å². The van der Waals surface area contributed by atoms with Crippen LogP contribution in [0.4, 0.5) is 5.69 Å². The molecule has 0 saturated carbocycles. The van der Waals surface area contributed by atoms with E-state index in [0.717, 1.165) is 12.1 Å². The van der Waals surface area contributed by atoms with Crippen molar-refractivity contribution in [3.63, 3.8) is 0 Å². The highest BCUT2D eigenvalue weighted by Gasteiger charge is 2.49. The second-order valence-electron chi connectivity index (χ2n) is 6.10. The van der Waals surface area contributed by atoms with Crippen LogP contribution in [-0.2, 0) is 4.79 Å². The van der Waals surface area contributed by atoms with E-state index in [1.54, 1.807) is 30.6 Å². The maximum absolute atomic E-state index is 12.9. The molecule has 1 aromatic carbocycles. The summed E-state index contributed by atoms with van der Waals surface area (Å²) in [7, 11) is 1.59. The number of carbonyl (C=O) groups is 2. The number of rotatable bonds is 3. The first-order valence-electron chi connectivity index (χ1n) is 7.98. The molecule has 124 valence electrons. The molecule has 0 bridgehead atoms. The van der Waals surface area contributed by atoms with E-state index < -0.39 is 0 Å². The van der Waals surface area contributed by atoms with Gasteiger partial charge in [-0.2, -0.15) is 11.3 Å². The molecule has 2 aliphatic rings. The van der Waals surface area contributed by atoms with Crippen molar-refractivity contribution in [1.82, 2.24) is 4.90 Å². The summed E-state index contributed by atoms with van der Waals surface area (Å²) >= 11 is 1.58. The second-order valence-corrected chi connectivity index (χ2v) is 6.88. The highest BCUT2D eigenvalue weighted by Crippen LogP contribution is 2.37. The minimum absolute atomic E-state index is 0.0265. The maximum Gasteiger partial charge on any atom is 0.254 e. The van der Waals surface area contributed by atoms with Gasteiger partial charge in [-0.3, -0.25) is 9.59 Å². The summed E-state index contributed by atoms with van der Waals surface area (Å²) in [4.78, 5) is 29.1. The smallest absolute Gasteiger partial charge is 0.254 e. The fourth-order valence-corrected chi connectivity index (χ4v) is 4.38. The molecular formula is C18H18N2O3S. The van der Waals surface area contributed by atoms with Gasteiger partial charge in [0, 0.05) is 23.9 Å². The van der Waals surface area contributed by atoms with Crippen molar-refractivity contribution in [2.45, 2.75) is 24.9 Å². The summed E-state index contributed by atoms with van der Waals surface area (Å²) in [6, 6.07) is 9.20. The van der Waals surface area contributed by atoms with Crippen molar-refractivity contribution in [3.8, 4) is 5.75 Å². The number of hydrogen-bond acceptors (Lipinski definition) is 4. The van der Waals surface area contributed by atoms with Crippen LogP contribution in [0.15, 0.2) is 41.1 Å². The van der Waals surface area contributed by atoms with Crippen LogP contribution in [0.5, 0.6) is 5.75 Å². The molecule has 2 aliphatic heterocycles. The quantitative estimate of drug-likeness (QED) is 0.862. The van der Waals surface area contributed by atoms with Crippen LogP contribution in [0.3, 0.4) is 0 Å². The lowest BCUT2D eigenvalue weighted by Gasteiger charge is -2.25. The summed E-state index contributed by atoms with van der Waals surface area (Å²) in [5.74, 6) is 0.743. The van der Waals surface area contributed by atoms with E-state index in [2.05, 4.69) is 0 Å². The maximum atomic E-state index is 12.9. The summed E-state index contributed by atoms with van der Waals surface area (Å²) in [6.45, 7) is 0.680. The minimum atomic E-state index is -0.0453. The average molecular weight is 342 g/mol. The number of benzene rings is 1. The largest absolute Gasteiger partial charge is 0.497 e. The molecule has 24 heavy (non-hydrogen) atoms. The number of carbonyl (C=O) groups excluding carboxylic acids is 2. The van der Waals surface area contributed by atoms with E-state index in [1.807, 2.05) is 38.8 Å². The highest BCUT2D eigenvalue weighted by atomic mass is 32.1. The molecule has 0 N–H and O–H groups in total. The van der Waals surface area contributed by atoms with E-state index in [-0.39, 0.29) is 23.9 Å². The van der Waals surface area contributed by atoms with Crippen molar-refractivity contribution < 1.29 is 14.3 Å². The Hall–Kier alpha value is -2.34. The molecule has 0 spiro atoms. The summed E-state index contributed by atoms with van der Waals surface area (Å²) in [5.41, 5.74) is 1.56. The van der Waals surface area contributed by atoms with Crippen LogP contribution >= 0.6 is 11.3 Å². The fraction of sp³-hybridized carbons (Fsp3) is 0.333. The van der Waals surface area contributed by atoms with Gasteiger partial charge in [-0.1, -0.05) is 6.07 Å². The van der Waals surface area contributed by atoms with Crippen LogP contribution in [-0.4, -0.2) is 42.5 Å². The molecule has 4 rings (SSSR count). The summed E-state index contributed by atoms with van der Waals surface area (Å²) in [5, 5.41) is 3.97. The van der Waals surface area contributed by atoms with E-state index >= 15 is 0 Å². The van der Waals surface area contributed by atoms with Gasteiger partial charge in [0.25, 0.3) is 5.91 Å². The first-order chi connectivity index (χ1) is 11.7. The Morgan fingerprint density at radius 3 is 2.92 bits per heavy atom. The number of methoxy groups -OCH3 is 1. The highest BCUT2D eigenvalue weighted by molar-refractivity contribution is 7.08. The SMILES string of the molecule is COc1cccc(C(=O)N2CC[C@@H]3[C@@H]2CC(=O)N3c2ccsc2)c1. The molecule has 0 aliphatic carbocycles. The van der Waals surface area contributed by atoms with Crippen molar-refractivity contribution in [3.05, 3.63) is 46.7 Å². The second kappa shape index (κ2) is 5.94. The zero-order valence-electron chi connectivity index (χ0n) is 13.3. The molecule has 2 aromatic rings. The Bertz CT molecular complexity index is 774. The van der Waals surface area contributed by atoms with Gasteiger partial charge in [-0.05, 0) is 36.1 Å². The molecule has 2 fully saturated rings. The van der Waals surface area contributed by atoms with Crippen molar-refractivity contribution in [1.29, 1.82) is 0 Å². The predicted molar refractivity (Wildman–Crippen MR) is 92.6 cm³/mol. The molecule has 3 heterocycles. The predicted octanol–water partition coefficient (Wildman–Crippen LogP) is 2.78. The average Bonchev–Trinajstić information content (AvgIpc) is 3.31. The summed E-state index contributed by atoms with van der Waals surface area (Å²) in [6.07, 6.45) is 1.22. The van der Waals surface area contributed by atoms with Gasteiger partial charge in [0.15, 0.2) is 0 Å². The van der Waals surface area contributed by atoms with Crippen molar-refractivity contribution in [2.75, 3.05) is 18.6 Å². The van der Waals surface area contributed by atoms with Gasteiger partial charge in [0.1, 0.15) is 5.75 Å². The Balaban J connectivity index is 1.58. The fourth-order valence-electron chi connectivity index (χ4n) is 3.75. The van der Waals surface area contributed by atoms with Crippen molar-refractivity contribution >= 4 is 28.8 Å². The third-order valence-electron chi connectivity index (χ3n) is 4.86. The molecule has 2 saturated heterocycles. The number of thiophene rings is 1. The van der Waals surface area contributed by atoms with Gasteiger partial charge in [-0.15, -0.1) is 0 Å². The molecule has 1 aromatic heterocycles. The Morgan fingerprint density at radius 2 is 2.17 bits per heavy atom. The molecular weight excluding hydrogens is 324 g/mol.